The van der Waals surface area contributed by atoms with Crippen molar-refractivity contribution in [3.8, 4) is 0 Å². The summed E-state index contributed by atoms with van der Waals surface area (Å²) in [6.07, 6.45) is 39.2. The quantitative estimate of drug-likeness (QED) is 0.0332. The highest BCUT2D eigenvalue weighted by atomic mass is 16.6. The number of unbranched alkanes of at least 4 members (excludes halogenated alkanes) is 15. The van der Waals surface area contributed by atoms with Crippen LogP contribution in [0.2, 0.25) is 0 Å². The first-order valence-corrected chi connectivity index (χ1v) is 18.3. The molecule has 0 aromatic rings. The predicted molar refractivity (Wildman–Crippen MR) is 188 cm³/mol. The molecule has 0 fully saturated rings. The molecule has 0 unspecified atom stereocenters. The molecule has 0 aromatic heterocycles. The number of allylic oxidation sites excluding steroid dienone is 7. The Bertz CT molecular complexity index is 784. The van der Waals surface area contributed by atoms with Crippen molar-refractivity contribution in [1.82, 2.24) is 0 Å². The number of carbonyl (C=O) groups is 2. The highest BCUT2D eigenvalue weighted by molar-refractivity contribution is 5.70. The molecule has 2 atom stereocenters. The van der Waals surface area contributed by atoms with Crippen molar-refractivity contribution in [2.75, 3.05) is 13.2 Å². The average molecular weight is 633 g/mol. The number of esters is 2. The van der Waals surface area contributed by atoms with E-state index in [-0.39, 0.29) is 37.7 Å². The maximum atomic E-state index is 12.1. The lowest BCUT2D eigenvalue weighted by Gasteiger charge is -2.15. The van der Waals surface area contributed by atoms with E-state index in [4.69, 9.17) is 9.47 Å². The lowest BCUT2D eigenvalue weighted by atomic mass is 10.0. The van der Waals surface area contributed by atoms with Crippen molar-refractivity contribution in [3.05, 3.63) is 48.6 Å². The smallest absolute Gasteiger partial charge is 0.306 e. The first kappa shape index (κ1) is 42.8. The largest absolute Gasteiger partial charge is 0.462 e. The van der Waals surface area contributed by atoms with Crippen molar-refractivity contribution in [2.24, 2.45) is 0 Å². The minimum Gasteiger partial charge on any atom is -0.462 e. The zero-order valence-corrected chi connectivity index (χ0v) is 29.0. The molecule has 0 aliphatic heterocycles. The summed E-state index contributed by atoms with van der Waals surface area (Å²) in [7, 11) is 0. The molecule has 0 bridgehead atoms. The summed E-state index contributed by atoms with van der Waals surface area (Å²) in [5.41, 5.74) is 0. The fourth-order valence-corrected chi connectivity index (χ4v) is 4.89. The molecule has 0 saturated heterocycles. The fourth-order valence-electron chi connectivity index (χ4n) is 4.89. The second-order valence-corrected chi connectivity index (χ2v) is 12.2. The second kappa shape index (κ2) is 34.7. The number of carbonyl (C=O) groups excluding carboxylic acids is 2. The van der Waals surface area contributed by atoms with Gasteiger partial charge in [-0.2, -0.15) is 0 Å². The van der Waals surface area contributed by atoms with Crippen molar-refractivity contribution in [1.29, 1.82) is 0 Å². The molecular weight excluding hydrogens is 564 g/mol. The third kappa shape index (κ3) is 33.0. The van der Waals surface area contributed by atoms with Gasteiger partial charge in [-0.25, -0.2) is 0 Å². The SMILES string of the molecule is CCCCCCCCCCCCCCCC(=O)OC[C@H](CO)OC(=O)CCC/C=C\C/C=C\C/C=C\C=C\[C@@H](O)CCCCC. The van der Waals surface area contributed by atoms with Crippen LogP contribution in [-0.2, 0) is 19.1 Å². The van der Waals surface area contributed by atoms with Crippen molar-refractivity contribution < 1.29 is 29.3 Å². The van der Waals surface area contributed by atoms with Crippen molar-refractivity contribution >= 4 is 11.9 Å². The lowest BCUT2D eigenvalue weighted by Crippen LogP contribution is -2.28. The van der Waals surface area contributed by atoms with Gasteiger partial charge in [-0.1, -0.05) is 159 Å². The Morgan fingerprint density at radius 1 is 0.622 bits per heavy atom. The fraction of sp³-hybridized carbons (Fsp3) is 0.744. The van der Waals surface area contributed by atoms with E-state index in [1.165, 1.54) is 70.6 Å². The van der Waals surface area contributed by atoms with Gasteiger partial charge >= 0.3 is 11.9 Å². The molecule has 0 rings (SSSR count). The molecule has 0 aliphatic rings. The first-order chi connectivity index (χ1) is 22.0. The Kier molecular flexibility index (Phi) is 33.0. The van der Waals surface area contributed by atoms with Gasteiger partial charge in [0.25, 0.3) is 0 Å². The highest BCUT2D eigenvalue weighted by Crippen LogP contribution is 2.13. The van der Waals surface area contributed by atoms with Crippen LogP contribution >= 0.6 is 0 Å². The second-order valence-electron chi connectivity index (χ2n) is 12.2. The van der Waals surface area contributed by atoms with Gasteiger partial charge in [0.15, 0.2) is 6.10 Å². The predicted octanol–water partition coefficient (Wildman–Crippen LogP) is 10.0. The van der Waals surface area contributed by atoms with Crippen LogP contribution in [0.3, 0.4) is 0 Å². The summed E-state index contributed by atoms with van der Waals surface area (Å²) < 4.78 is 10.5. The van der Waals surface area contributed by atoms with Gasteiger partial charge < -0.3 is 19.7 Å². The molecule has 0 spiro atoms. The zero-order chi connectivity index (χ0) is 33.1. The number of hydrogen-bond acceptors (Lipinski definition) is 6. The summed E-state index contributed by atoms with van der Waals surface area (Å²) >= 11 is 0. The van der Waals surface area contributed by atoms with E-state index in [1.54, 1.807) is 0 Å². The molecule has 6 heteroatoms. The Hall–Kier alpha value is -2.18. The topological polar surface area (TPSA) is 93.1 Å². The maximum Gasteiger partial charge on any atom is 0.306 e. The minimum atomic E-state index is -0.811. The summed E-state index contributed by atoms with van der Waals surface area (Å²) in [5, 5.41) is 19.4. The van der Waals surface area contributed by atoms with E-state index in [0.717, 1.165) is 57.8 Å². The number of aliphatic hydroxyl groups excluding tert-OH is 2. The molecule has 0 radical (unpaired) electrons. The standard InChI is InChI=1S/C39H68O6/c1-3-5-7-8-9-10-11-12-15-18-21-24-28-32-38(42)44-35-37(34-40)45-39(43)33-29-25-22-19-16-13-14-17-20-23-27-31-36(41)30-26-6-4-2/h13-14,19-20,22-23,27,31,36-37,40-41H,3-12,15-18,21,24-26,28-30,32-35H2,1-2H3/b14-13-,22-19-,23-20-,31-27+/t36-,37-/m0/s1. The Morgan fingerprint density at radius 3 is 1.78 bits per heavy atom. The molecule has 260 valence electrons. The Balaban J connectivity index is 3.74. The van der Waals surface area contributed by atoms with Gasteiger partial charge in [0, 0.05) is 12.8 Å². The van der Waals surface area contributed by atoms with Crippen LogP contribution in [0.4, 0.5) is 0 Å². The summed E-state index contributed by atoms with van der Waals surface area (Å²) in [4.78, 5) is 24.1. The van der Waals surface area contributed by atoms with E-state index < -0.39 is 6.10 Å². The Morgan fingerprint density at radius 2 is 1.16 bits per heavy atom. The van der Waals surface area contributed by atoms with E-state index >= 15 is 0 Å². The summed E-state index contributed by atoms with van der Waals surface area (Å²) in [6, 6.07) is 0. The van der Waals surface area contributed by atoms with E-state index in [1.807, 2.05) is 18.2 Å². The molecule has 45 heavy (non-hydrogen) atoms. The van der Waals surface area contributed by atoms with Gasteiger partial charge in [0.2, 0.25) is 0 Å². The van der Waals surface area contributed by atoms with Crippen molar-refractivity contribution in [2.45, 2.75) is 174 Å². The number of ether oxygens (including phenoxy) is 2. The van der Waals surface area contributed by atoms with Crippen molar-refractivity contribution in [3.63, 3.8) is 0 Å². The van der Waals surface area contributed by atoms with Crippen LogP contribution in [-0.4, -0.2) is 47.6 Å². The van der Waals surface area contributed by atoms with E-state index in [9.17, 15) is 19.8 Å². The zero-order valence-electron chi connectivity index (χ0n) is 29.0. The normalized spacial score (nSPS) is 13.4. The van der Waals surface area contributed by atoms with Gasteiger partial charge in [-0.3, -0.25) is 9.59 Å². The molecule has 0 aliphatic carbocycles. The first-order valence-electron chi connectivity index (χ1n) is 18.3. The summed E-state index contributed by atoms with van der Waals surface area (Å²) in [5.74, 6) is -0.683. The van der Waals surface area contributed by atoms with Gasteiger partial charge in [-0.15, -0.1) is 0 Å². The maximum absolute atomic E-state index is 12.1. The third-order valence-corrected chi connectivity index (χ3v) is 7.73. The van der Waals surface area contributed by atoms with Crippen LogP contribution in [0.15, 0.2) is 48.6 Å². The summed E-state index contributed by atoms with van der Waals surface area (Å²) in [6.45, 7) is 3.95. The van der Waals surface area contributed by atoms with Crippen LogP contribution in [0.1, 0.15) is 162 Å². The van der Waals surface area contributed by atoms with Crippen LogP contribution in [0.25, 0.3) is 0 Å². The number of aliphatic hydroxyl groups is 2. The third-order valence-electron chi connectivity index (χ3n) is 7.73. The average Bonchev–Trinajstić information content (AvgIpc) is 3.03. The highest BCUT2D eigenvalue weighted by Gasteiger charge is 2.15. The Labute approximate surface area is 276 Å². The molecule has 0 heterocycles. The van der Waals surface area contributed by atoms with Gasteiger partial charge in [-0.05, 0) is 38.5 Å². The van der Waals surface area contributed by atoms with Crippen LogP contribution < -0.4 is 0 Å². The molecule has 2 N–H and O–H groups in total. The lowest BCUT2D eigenvalue weighted by molar-refractivity contribution is -0.161. The number of hydrogen-bond donors (Lipinski definition) is 2. The molecule has 6 nitrogen and oxygen atoms in total. The molecule has 0 amide bonds. The van der Waals surface area contributed by atoms with Crippen LogP contribution in [0.5, 0.6) is 0 Å². The molecule has 0 aromatic carbocycles. The number of rotatable bonds is 32. The minimum absolute atomic E-state index is 0.0990. The molecular formula is C39H68O6. The van der Waals surface area contributed by atoms with Gasteiger partial charge in [0.05, 0.1) is 12.7 Å². The van der Waals surface area contributed by atoms with E-state index in [2.05, 4.69) is 44.2 Å². The van der Waals surface area contributed by atoms with Crippen LogP contribution in [0, 0.1) is 0 Å². The van der Waals surface area contributed by atoms with Gasteiger partial charge in [0.1, 0.15) is 6.61 Å². The monoisotopic (exact) mass is 633 g/mol. The van der Waals surface area contributed by atoms with E-state index in [0.29, 0.717) is 12.8 Å². The molecule has 0 saturated carbocycles.